The summed E-state index contributed by atoms with van der Waals surface area (Å²) in [6.45, 7) is 14.3. The van der Waals surface area contributed by atoms with Crippen molar-refractivity contribution in [3.8, 4) is 11.3 Å². The number of nitrogen functional groups attached to an aromatic ring is 1. The molecule has 1 aliphatic heterocycles. The maximum absolute atomic E-state index is 11.0. The lowest BCUT2D eigenvalue weighted by molar-refractivity contribution is -0.215. The molecule has 174 valence electrons. The molecule has 32 heavy (non-hydrogen) atoms. The number of aryl methyl sites for hydroxylation is 1. The third-order valence-electron chi connectivity index (χ3n) is 8.11. The zero-order valence-corrected chi connectivity index (χ0v) is 20.0. The van der Waals surface area contributed by atoms with E-state index in [-0.39, 0.29) is 11.5 Å². The van der Waals surface area contributed by atoms with Crippen LogP contribution < -0.4 is 5.73 Å². The third-order valence-corrected chi connectivity index (χ3v) is 8.11. The van der Waals surface area contributed by atoms with E-state index in [9.17, 15) is 5.11 Å². The van der Waals surface area contributed by atoms with E-state index in [0.717, 1.165) is 22.6 Å². The lowest BCUT2D eigenvalue weighted by atomic mass is 9.43. The van der Waals surface area contributed by atoms with Crippen LogP contribution in [0.3, 0.4) is 0 Å². The highest BCUT2D eigenvalue weighted by molar-refractivity contribution is 5.61. The number of pyridine rings is 1. The Morgan fingerprint density at radius 2 is 1.81 bits per heavy atom. The Kier molecular flexibility index (Phi) is 5.34. The van der Waals surface area contributed by atoms with Gasteiger partial charge in [0.1, 0.15) is 17.7 Å². The smallest absolute Gasteiger partial charge is 0.139 e. The second-order valence-corrected chi connectivity index (χ2v) is 10.8. The van der Waals surface area contributed by atoms with E-state index in [1.165, 1.54) is 58.4 Å². The van der Waals surface area contributed by atoms with Crippen molar-refractivity contribution >= 4 is 5.82 Å². The van der Waals surface area contributed by atoms with E-state index in [1.54, 1.807) is 6.20 Å². The first-order valence-corrected chi connectivity index (χ1v) is 12.2. The number of nitrogens with two attached hydrogens (primary N) is 1. The molecule has 1 unspecified atom stereocenters. The zero-order valence-electron chi connectivity index (χ0n) is 20.0. The van der Waals surface area contributed by atoms with E-state index in [2.05, 4.69) is 46.3 Å². The largest absolute Gasteiger partial charge is 0.385 e. The van der Waals surface area contributed by atoms with Gasteiger partial charge in [-0.15, -0.1) is 0 Å². The summed E-state index contributed by atoms with van der Waals surface area (Å²) in [4.78, 5) is 14.6. The summed E-state index contributed by atoms with van der Waals surface area (Å²) < 4.78 is 2.31. The fraction of sp³-hybridized carbons (Fsp3) is 0.680. The highest BCUT2D eigenvalue weighted by Gasteiger charge is 2.71. The van der Waals surface area contributed by atoms with Crippen LogP contribution >= 0.6 is 0 Å². The fourth-order valence-corrected chi connectivity index (χ4v) is 6.18. The van der Waals surface area contributed by atoms with E-state index in [0.29, 0.717) is 11.4 Å². The molecule has 0 spiro atoms. The van der Waals surface area contributed by atoms with Crippen LogP contribution in [0.2, 0.25) is 0 Å². The number of piperazine rings is 1. The molecule has 1 atom stereocenters. The minimum absolute atomic E-state index is 0.104. The molecule has 3 saturated carbocycles. The summed E-state index contributed by atoms with van der Waals surface area (Å²) in [6.07, 6.45) is 8.10. The topological polar surface area (TPSA) is 83.4 Å². The average Bonchev–Trinajstić information content (AvgIpc) is 3.14. The van der Waals surface area contributed by atoms with Crippen LogP contribution in [0.25, 0.3) is 11.3 Å². The standard InChI is InChI=1S/C25H38N6O/c1-5-6-29-7-9-30(10-8-29)24-14-25(15-24,16-24)31-13-20(28-23(31)21(32)17(2)3)19-11-18(4)22(26)27-12-19/h11-13,17,21,32H,5-10,14-16H2,1-4H3,(H2,26,27). The second kappa shape index (κ2) is 7.82. The number of aliphatic hydroxyl groups is 1. The molecule has 2 aromatic heterocycles. The van der Waals surface area contributed by atoms with Crippen molar-refractivity contribution in [1.29, 1.82) is 0 Å². The van der Waals surface area contributed by atoms with Crippen LogP contribution in [0.4, 0.5) is 5.82 Å². The first kappa shape index (κ1) is 21.9. The lowest BCUT2D eigenvalue weighted by Crippen LogP contribution is -2.80. The van der Waals surface area contributed by atoms with Crippen LogP contribution in [0, 0.1) is 12.8 Å². The van der Waals surface area contributed by atoms with Gasteiger partial charge in [0, 0.05) is 49.7 Å². The van der Waals surface area contributed by atoms with Crippen LogP contribution in [-0.4, -0.2) is 67.7 Å². The molecule has 4 fully saturated rings. The number of aliphatic hydroxyl groups excluding tert-OH is 1. The number of anilines is 1. The van der Waals surface area contributed by atoms with Crippen molar-refractivity contribution in [2.45, 2.75) is 70.6 Å². The van der Waals surface area contributed by atoms with Crippen LogP contribution in [-0.2, 0) is 5.54 Å². The van der Waals surface area contributed by atoms with Crippen molar-refractivity contribution in [3.63, 3.8) is 0 Å². The highest BCUT2D eigenvalue weighted by Crippen LogP contribution is 2.68. The Hall–Kier alpha value is -1.96. The second-order valence-electron chi connectivity index (χ2n) is 10.8. The number of hydrogen-bond donors (Lipinski definition) is 2. The van der Waals surface area contributed by atoms with Gasteiger partial charge in [-0.3, -0.25) is 4.90 Å². The Balaban J connectivity index is 1.37. The Labute approximate surface area is 191 Å². The maximum Gasteiger partial charge on any atom is 0.139 e. The van der Waals surface area contributed by atoms with Crippen molar-refractivity contribution in [3.05, 3.63) is 29.8 Å². The minimum Gasteiger partial charge on any atom is -0.385 e. The molecule has 0 radical (unpaired) electrons. The van der Waals surface area contributed by atoms with Crippen molar-refractivity contribution in [2.24, 2.45) is 5.92 Å². The molecule has 3 aliphatic carbocycles. The molecular weight excluding hydrogens is 400 g/mol. The molecule has 3 N–H and O–H groups in total. The Morgan fingerprint density at radius 1 is 1.12 bits per heavy atom. The van der Waals surface area contributed by atoms with Crippen molar-refractivity contribution in [2.75, 3.05) is 38.5 Å². The molecule has 0 amide bonds. The Bertz CT molecular complexity index is 971. The molecule has 2 aromatic rings. The lowest BCUT2D eigenvalue weighted by Gasteiger charge is -2.75. The molecule has 6 rings (SSSR count). The summed E-state index contributed by atoms with van der Waals surface area (Å²) in [5.41, 5.74) is 9.18. The SMILES string of the molecule is CCCN1CCN(C23CC(n4cc(-c5cnc(N)c(C)c5)nc4C(O)C(C)C)(C2)C3)CC1. The van der Waals surface area contributed by atoms with Gasteiger partial charge in [-0.2, -0.15) is 0 Å². The molecular formula is C25H38N6O. The first-order chi connectivity index (χ1) is 15.3. The van der Waals surface area contributed by atoms with Gasteiger partial charge >= 0.3 is 0 Å². The molecule has 4 aliphatic rings. The van der Waals surface area contributed by atoms with Crippen molar-refractivity contribution < 1.29 is 5.11 Å². The number of nitrogens with zero attached hydrogens (tertiary/aromatic N) is 5. The maximum atomic E-state index is 11.0. The van der Waals surface area contributed by atoms with Gasteiger partial charge < -0.3 is 20.3 Å². The van der Waals surface area contributed by atoms with E-state index < -0.39 is 6.10 Å². The molecule has 1 saturated heterocycles. The summed E-state index contributed by atoms with van der Waals surface area (Å²) >= 11 is 0. The fourth-order valence-electron chi connectivity index (χ4n) is 6.18. The van der Waals surface area contributed by atoms with E-state index in [4.69, 9.17) is 10.7 Å². The summed E-state index contributed by atoms with van der Waals surface area (Å²) in [5, 5.41) is 11.0. The predicted octanol–water partition coefficient (Wildman–Crippen LogP) is 3.18. The van der Waals surface area contributed by atoms with Gasteiger partial charge in [-0.25, -0.2) is 9.97 Å². The molecule has 2 bridgehead atoms. The van der Waals surface area contributed by atoms with Gasteiger partial charge in [-0.1, -0.05) is 20.8 Å². The van der Waals surface area contributed by atoms with Crippen LogP contribution in [0.1, 0.15) is 63.9 Å². The third kappa shape index (κ3) is 3.37. The molecule has 7 heteroatoms. The molecule has 7 nitrogen and oxygen atoms in total. The normalized spacial score (nSPS) is 29.1. The number of aromatic nitrogens is 3. The minimum atomic E-state index is -0.575. The monoisotopic (exact) mass is 438 g/mol. The highest BCUT2D eigenvalue weighted by atomic mass is 16.3. The molecule has 3 heterocycles. The molecule has 0 aromatic carbocycles. The van der Waals surface area contributed by atoms with Gasteiger partial charge in [-0.05, 0) is 56.7 Å². The van der Waals surface area contributed by atoms with Crippen molar-refractivity contribution in [1.82, 2.24) is 24.3 Å². The van der Waals surface area contributed by atoms with Gasteiger partial charge in [0.2, 0.25) is 0 Å². The average molecular weight is 439 g/mol. The van der Waals surface area contributed by atoms with Crippen LogP contribution in [0.15, 0.2) is 18.5 Å². The summed E-state index contributed by atoms with van der Waals surface area (Å²) in [7, 11) is 0. The Morgan fingerprint density at radius 3 is 2.41 bits per heavy atom. The summed E-state index contributed by atoms with van der Waals surface area (Å²) in [5.74, 6) is 1.46. The first-order valence-electron chi connectivity index (χ1n) is 12.2. The van der Waals surface area contributed by atoms with Gasteiger partial charge in [0.25, 0.3) is 0 Å². The van der Waals surface area contributed by atoms with Gasteiger partial charge in [0.15, 0.2) is 0 Å². The predicted molar refractivity (Wildman–Crippen MR) is 127 cm³/mol. The quantitative estimate of drug-likeness (QED) is 0.691. The number of hydrogen-bond acceptors (Lipinski definition) is 6. The van der Waals surface area contributed by atoms with E-state index >= 15 is 0 Å². The summed E-state index contributed by atoms with van der Waals surface area (Å²) in [6, 6.07) is 2.04. The van der Waals surface area contributed by atoms with Gasteiger partial charge in [0.05, 0.1) is 11.2 Å². The number of imidazole rings is 1. The van der Waals surface area contributed by atoms with Crippen LogP contribution in [0.5, 0.6) is 0 Å². The van der Waals surface area contributed by atoms with E-state index in [1.807, 2.05) is 13.0 Å². The number of rotatable bonds is 7. The zero-order chi connectivity index (χ0) is 22.7.